The average molecular weight is 283 g/mol. The van der Waals surface area contributed by atoms with Crippen LogP contribution < -0.4 is 0 Å². The normalized spacial score (nSPS) is 23.4. The quantitative estimate of drug-likeness (QED) is 0.825. The number of amides is 1. The first-order valence-corrected chi connectivity index (χ1v) is 5.93. The van der Waals surface area contributed by atoms with Crippen LogP contribution in [0.3, 0.4) is 0 Å². The van der Waals surface area contributed by atoms with E-state index in [9.17, 15) is 22.8 Å². The zero-order chi connectivity index (χ0) is 14.6. The Kier molecular flexibility index (Phi) is 5.16. The van der Waals surface area contributed by atoms with E-state index in [0.29, 0.717) is 24.3 Å². The predicted octanol–water partition coefficient (Wildman–Crippen LogP) is 1.28. The third-order valence-corrected chi connectivity index (χ3v) is 2.94. The number of alkyl halides is 3. The molecule has 5 nitrogen and oxygen atoms in total. The molecule has 110 valence electrons. The lowest BCUT2D eigenvalue weighted by Gasteiger charge is -2.26. The number of carbonyl (C=O) groups is 2. The van der Waals surface area contributed by atoms with Crippen LogP contribution in [0.2, 0.25) is 0 Å². The highest BCUT2D eigenvalue weighted by Crippen LogP contribution is 2.27. The van der Waals surface area contributed by atoms with E-state index in [0.717, 1.165) is 0 Å². The van der Waals surface area contributed by atoms with Crippen LogP contribution in [0, 0.1) is 5.92 Å². The molecule has 0 saturated carbocycles. The molecule has 1 aliphatic heterocycles. The predicted molar refractivity (Wildman–Crippen MR) is 58.4 cm³/mol. The van der Waals surface area contributed by atoms with Gasteiger partial charge in [-0.3, -0.25) is 9.59 Å². The second-order valence-electron chi connectivity index (χ2n) is 4.42. The number of halogens is 3. The molecule has 0 aromatic carbocycles. The van der Waals surface area contributed by atoms with Crippen LogP contribution in [0.4, 0.5) is 13.2 Å². The second-order valence-corrected chi connectivity index (χ2v) is 4.42. The molecule has 1 saturated heterocycles. The van der Waals surface area contributed by atoms with E-state index in [1.54, 1.807) is 6.92 Å². The van der Waals surface area contributed by atoms with Crippen molar-refractivity contribution in [3.8, 4) is 0 Å². The molecule has 19 heavy (non-hydrogen) atoms. The number of hydrogen-bond donors (Lipinski definition) is 1. The number of hydrogen-bond acceptors (Lipinski definition) is 3. The third-order valence-electron chi connectivity index (χ3n) is 2.94. The lowest BCUT2D eigenvalue weighted by atomic mass is 9.98. The minimum Gasteiger partial charge on any atom is -0.480 e. The van der Waals surface area contributed by atoms with E-state index in [1.807, 2.05) is 0 Å². The summed E-state index contributed by atoms with van der Waals surface area (Å²) in [6, 6.07) is 0. The highest BCUT2D eigenvalue weighted by molar-refractivity contribution is 5.83. The molecule has 1 fully saturated rings. The Bertz CT molecular complexity index is 345. The molecule has 0 bridgehead atoms. The monoisotopic (exact) mass is 283 g/mol. The van der Waals surface area contributed by atoms with Crippen LogP contribution in [-0.2, 0) is 14.3 Å². The molecule has 2 atom stereocenters. The van der Waals surface area contributed by atoms with Gasteiger partial charge in [0.25, 0.3) is 0 Å². The summed E-state index contributed by atoms with van der Waals surface area (Å²) in [5.74, 6) is -2.96. The lowest BCUT2D eigenvalue weighted by molar-refractivity contribution is -0.168. The number of carboxylic acid groups (broad SMARTS) is 1. The maximum atomic E-state index is 12.4. The Balaban J connectivity index is 2.78. The Morgan fingerprint density at radius 1 is 1.42 bits per heavy atom. The highest BCUT2D eigenvalue weighted by atomic mass is 19.4. The van der Waals surface area contributed by atoms with Gasteiger partial charge in [-0.05, 0) is 12.8 Å². The van der Waals surface area contributed by atoms with Crippen LogP contribution in [0.15, 0.2) is 0 Å². The summed E-state index contributed by atoms with van der Waals surface area (Å²) in [6.07, 6.45) is -4.22. The molecule has 0 radical (unpaired) electrons. The maximum Gasteiger partial charge on any atom is 0.406 e. The van der Waals surface area contributed by atoms with Crippen molar-refractivity contribution < 1.29 is 32.6 Å². The van der Waals surface area contributed by atoms with Gasteiger partial charge in [-0.1, -0.05) is 6.92 Å². The van der Waals surface area contributed by atoms with Gasteiger partial charge in [0.1, 0.15) is 13.1 Å². The van der Waals surface area contributed by atoms with Gasteiger partial charge in [-0.25, -0.2) is 0 Å². The van der Waals surface area contributed by atoms with Crippen molar-refractivity contribution in [3.05, 3.63) is 0 Å². The first-order chi connectivity index (χ1) is 8.74. The van der Waals surface area contributed by atoms with Crippen molar-refractivity contribution in [2.75, 3.05) is 19.7 Å². The van der Waals surface area contributed by atoms with Crippen LogP contribution in [-0.4, -0.2) is 53.9 Å². The van der Waals surface area contributed by atoms with E-state index in [1.165, 1.54) is 0 Å². The number of ether oxygens (including phenoxy) is 1. The summed E-state index contributed by atoms with van der Waals surface area (Å²) in [5, 5.41) is 8.60. The molecule has 1 aliphatic rings. The van der Waals surface area contributed by atoms with Gasteiger partial charge in [0.2, 0.25) is 5.91 Å². The number of nitrogens with zero attached hydrogens (tertiary/aromatic N) is 1. The van der Waals surface area contributed by atoms with Crippen molar-refractivity contribution in [2.24, 2.45) is 5.92 Å². The van der Waals surface area contributed by atoms with Gasteiger partial charge >= 0.3 is 12.1 Å². The molecular formula is C11H16F3NO4. The zero-order valence-corrected chi connectivity index (χ0v) is 10.4. The number of carboxylic acids is 1. The molecule has 8 heteroatoms. The SMILES string of the molecule is CCC1OCCC1C(=O)N(CC(=O)O)CC(F)(F)F. The van der Waals surface area contributed by atoms with Gasteiger partial charge in [0, 0.05) is 6.61 Å². The van der Waals surface area contributed by atoms with Gasteiger partial charge in [-0.2, -0.15) is 13.2 Å². The smallest absolute Gasteiger partial charge is 0.406 e. The van der Waals surface area contributed by atoms with Gasteiger partial charge in [-0.15, -0.1) is 0 Å². The largest absolute Gasteiger partial charge is 0.480 e. The van der Waals surface area contributed by atoms with Crippen LogP contribution >= 0.6 is 0 Å². The first-order valence-electron chi connectivity index (χ1n) is 5.93. The van der Waals surface area contributed by atoms with E-state index in [-0.39, 0.29) is 0 Å². The summed E-state index contributed by atoms with van der Waals surface area (Å²) in [4.78, 5) is 22.9. The van der Waals surface area contributed by atoms with E-state index in [2.05, 4.69) is 0 Å². The summed E-state index contributed by atoms with van der Waals surface area (Å²) < 4.78 is 42.3. The highest BCUT2D eigenvalue weighted by Gasteiger charge is 2.40. The summed E-state index contributed by atoms with van der Waals surface area (Å²) in [5.41, 5.74) is 0. The fraction of sp³-hybridized carbons (Fsp3) is 0.818. The molecule has 1 N–H and O–H groups in total. The number of aliphatic carboxylic acids is 1. The Hall–Kier alpha value is -1.31. The fourth-order valence-electron chi connectivity index (χ4n) is 2.16. The molecule has 0 spiro atoms. The minimum atomic E-state index is -4.62. The molecule has 0 aromatic heterocycles. The number of rotatable bonds is 5. The molecular weight excluding hydrogens is 267 g/mol. The van der Waals surface area contributed by atoms with Crippen LogP contribution in [0.25, 0.3) is 0 Å². The van der Waals surface area contributed by atoms with Crippen molar-refractivity contribution in [3.63, 3.8) is 0 Å². The summed E-state index contributed by atoms with van der Waals surface area (Å²) in [7, 11) is 0. The van der Waals surface area contributed by atoms with Gasteiger partial charge < -0.3 is 14.7 Å². The van der Waals surface area contributed by atoms with Gasteiger partial charge in [0.05, 0.1) is 12.0 Å². The Morgan fingerprint density at radius 3 is 2.53 bits per heavy atom. The van der Waals surface area contributed by atoms with Crippen molar-refractivity contribution in [2.45, 2.75) is 32.0 Å². The van der Waals surface area contributed by atoms with E-state index >= 15 is 0 Å². The average Bonchev–Trinajstić information content (AvgIpc) is 2.72. The molecule has 2 unspecified atom stereocenters. The molecule has 1 amide bonds. The molecule has 0 aliphatic carbocycles. The fourth-order valence-corrected chi connectivity index (χ4v) is 2.16. The molecule has 1 heterocycles. The summed E-state index contributed by atoms with van der Waals surface area (Å²) >= 11 is 0. The van der Waals surface area contributed by atoms with Gasteiger partial charge in [0.15, 0.2) is 0 Å². The Labute approximate surface area is 108 Å². The molecule has 0 aromatic rings. The van der Waals surface area contributed by atoms with Crippen molar-refractivity contribution >= 4 is 11.9 Å². The maximum absolute atomic E-state index is 12.4. The van der Waals surface area contributed by atoms with Crippen LogP contribution in [0.1, 0.15) is 19.8 Å². The van der Waals surface area contributed by atoms with Crippen molar-refractivity contribution in [1.29, 1.82) is 0 Å². The third kappa shape index (κ3) is 4.70. The van der Waals surface area contributed by atoms with Crippen molar-refractivity contribution in [1.82, 2.24) is 4.90 Å². The van der Waals surface area contributed by atoms with E-state index in [4.69, 9.17) is 9.84 Å². The standard InChI is InChI=1S/C11H16F3NO4/c1-2-8-7(3-4-19-8)10(18)15(5-9(16)17)6-11(12,13)14/h7-8H,2-6H2,1H3,(H,16,17). The second kappa shape index (κ2) is 6.23. The van der Waals surface area contributed by atoms with E-state index < -0.39 is 43.2 Å². The minimum absolute atomic E-state index is 0.307. The Morgan fingerprint density at radius 2 is 2.05 bits per heavy atom. The topological polar surface area (TPSA) is 66.8 Å². The first kappa shape index (κ1) is 15.7. The molecule has 1 rings (SSSR count). The number of carbonyl (C=O) groups excluding carboxylic acids is 1. The lowest BCUT2D eigenvalue weighted by Crippen LogP contribution is -2.46. The summed E-state index contributed by atoms with van der Waals surface area (Å²) in [6.45, 7) is -0.431. The van der Waals surface area contributed by atoms with Crippen LogP contribution in [0.5, 0.6) is 0 Å². The zero-order valence-electron chi connectivity index (χ0n) is 10.4.